The van der Waals surface area contributed by atoms with Crippen LogP contribution in [0.1, 0.15) is 20.7 Å². The molecular weight excluding hydrogens is 474 g/mol. The highest BCUT2D eigenvalue weighted by molar-refractivity contribution is 6.43. The maximum atomic E-state index is 12.3. The van der Waals surface area contributed by atoms with Crippen molar-refractivity contribution in [2.75, 3.05) is 10.6 Å². The fourth-order valence-corrected chi connectivity index (χ4v) is 3.33. The van der Waals surface area contributed by atoms with Gasteiger partial charge in [0, 0.05) is 16.9 Å². The maximum absolute atomic E-state index is 12.3. The van der Waals surface area contributed by atoms with Gasteiger partial charge in [0.25, 0.3) is 5.56 Å². The number of aldehydes is 2. The number of amides is 2. The van der Waals surface area contributed by atoms with Gasteiger partial charge in [-0.25, -0.2) is 4.68 Å². The van der Waals surface area contributed by atoms with Gasteiger partial charge in [-0.3, -0.25) is 29.1 Å². The Morgan fingerprint density at radius 1 is 0.806 bits per heavy atom. The molecule has 7 N–H and O–H groups in total. The first-order chi connectivity index (χ1) is 17.2. The lowest BCUT2D eigenvalue weighted by atomic mass is 10.1. The van der Waals surface area contributed by atoms with E-state index >= 15 is 0 Å². The van der Waals surface area contributed by atoms with Crippen LogP contribution in [0.15, 0.2) is 53.3 Å². The molecule has 182 valence electrons. The molecule has 0 aliphatic rings. The molecule has 0 unspecified atom stereocenters. The first-order valence-corrected chi connectivity index (χ1v) is 10.1. The molecule has 4 rings (SSSR count). The molecule has 0 atom stereocenters. The Morgan fingerprint density at radius 2 is 1.33 bits per heavy atom. The molecule has 13 nitrogen and oxygen atoms in total. The summed E-state index contributed by atoms with van der Waals surface area (Å²) < 4.78 is 0.988. The van der Waals surface area contributed by atoms with Crippen LogP contribution < -0.4 is 16.2 Å². The average Bonchev–Trinajstić information content (AvgIpc) is 3.32. The molecule has 2 aromatic carbocycles. The van der Waals surface area contributed by atoms with Crippen molar-refractivity contribution >= 4 is 35.8 Å². The lowest BCUT2D eigenvalue weighted by molar-refractivity contribution is -0.132. The molecule has 36 heavy (non-hydrogen) atoms. The van der Waals surface area contributed by atoms with Crippen molar-refractivity contribution in [2.45, 2.75) is 0 Å². The van der Waals surface area contributed by atoms with Gasteiger partial charge < -0.3 is 30.9 Å². The second-order valence-electron chi connectivity index (χ2n) is 7.39. The van der Waals surface area contributed by atoms with Gasteiger partial charge in [0.2, 0.25) is 11.8 Å². The number of carbonyl (C=O) groups is 4. The Kier molecular flexibility index (Phi) is 6.11. The number of rotatable bonds is 6. The van der Waals surface area contributed by atoms with Gasteiger partial charge in [-0.15, -0.1) is 0 Å². The Bertz CT molecular complexity index is 1550. The minimum Gasteiger partial charge on any atom is -0.505 e. The average molecular weight is 491 g/mol. The zero-order chi connectivity index (χ0) is 26.0. The molecule has 2 amide bonds. The van der Waals surface area contributed by atoms with Crippen LogP contribution >= 0.6 is 0 Å². The molecule has 4 aromatic rings. The van der Waals surface area contributed by atoms with Crippen molar-refractivity contribution in [3.05, 3.63) is 70.0 Å². The van der Waals surface area contributed by atoms with Gasteiger partial charge in [0.15, 0.2) is 18.3 Å². The minimum absolute atomic E-state index is 0.105. The van der Waals surface area contributed by atoms with Crippen molar-refractivity contribution in [3.63, 3.8) is 0 Å². The highest BCUT2D eigenvalue weighted by Gasteiger charge is 2.19. The first-order valence-electron chi connectivity index (χ1n) is 10.1. The Balaban J connectivity index is 1.41. The second kappa shape index (κ2) is 9.34. The fraction of sp³-hybridized carbons (Fsp3) is 0. The van der Waals surface area contributed by atoms with Crippen LogP contribution in [0.5, 0.6) is 17.5 Å². The molecule has 0 aliphatic carbocycles. The van der Waals surface area contributed by atoms with E-state index in [-0.39, 0.29) is 28.9 Å². The van der Waals surface area contributed by atoms with Crippen molar-refractivity contribution in [2.24, 2.45) is 0 Å². The van der Waals surface area contributed by atoms with Crippen LogP contribution in [0.4, 0.5) is 11.4 Å². The van der Waals surface area contributed by atoms with E-state index in [1.165, 1.54) is 48.5 Å². The highest BCUT2D eigenvalue weighted by Crippen LogP contribution is 2.36. The van der Waals surface area contributed by atoms with Gasteiger partial charge in [0.1, 0.15) is 11.1 Å². The molecule has 2 heterocycles. The number of hydrogen-bond acceptors (Lipinski definition) is 8. The van der Waals surface area contributed by atoms with Crippen molar-refractivity contribution in [1.29, 1.82) is 0 Å². The summed E-state index contributed by atoms with van der Waals surface area (Å²) in [6.07, 6.45) is 0.532. The molecular formula is C23H17N5O8. The Morgan fingerprint density at radius 3 is 1.81 bits per heavy atom. The number of aromatic hydroxyl groups is 3. The van der Waals surface area contributed by atoms with Crippen molar-refractivity contribution < 1.29 is 34.5 Å². The molecule has 0 bridgehead atoms. The molecule has 2 aromatic heterocycles. The van der Waals surface area contributed by atoms with E-state index in [1.807, 2.05) is 0 Å². The van der Waals surface area contributed by atoms with Gasteiger partial charge in [-0.1, -0.05) is 12.1 Å². The van der Waals surface area contributed by atoms with E-state index < -0.39 is 40.4 Å². The number of benzene rings is 2. The maximum Gasteiger partial charge on any atom is 0.314 e. The smallest absolute Gasteiger partial charge is 0.314 e. The SMILES string of the molecule is O=Cc1c(O)[nH]c(-c2ccc(NC(=O)C(=O)Nc3ccc(-n4[nH]c(=O)c(C=O)c4O)cc3)cc2)c1O. The molecule has 0 fully saturated rings. The molecule has 0 radical (unpaired) electrons. The topological polar surface area (TPSA) is 207 Å². The van der Waals surface area contributed by atoms with Gasteiger partial charge in [-0.2, -0.15) is 0 Å². The summed E-state index contributed by atoms with van der Waals surface area (Å²) in [6.45, 7) is 0. The second-order valence-corrected chi connectivity index (χ2v) is 7.39. The molecule has 13 heteroatoms. The van der Waals surface area contributed by atoms with Gasteiger partial charge in [-0.05, 0) is 36.4 Å². The van der Waals surface area contributed by atoms with Crippen molar-refractivity contribution in [1.82, 2.24) is 14.8 Å². The standard InChI is InChI=1S/C23H17N5O8/c29-9-15-18(31)17(26-19(15)32)11-1-3-12(4-2-11)24-21(34)22(35)25-13-5-7-14(8-6-13)28-23(36)16(10-30)20(33)27-28/h1-10,26,31-32,36H,(H,24,34)(H,25,35)(H,27,33). The first kappa shape index (κ1) is 23.6. The Labute approximate surface area is 200 Å². The van der Waals surface area contributed by atoms with Crippen LogP contribution in [0.2, 0.25) is 0 Å². The predicted molar refractivity (Wildman–Crippen MR) is 126 cm³/mol. The number of nitrogens with one attached hydrogen (secondary N) is 4. The summed E-state index contributed by atoms with van der Waals surface area (Å²) >= 11 is 0. The number of aromatic nitrogens is 3. The molecule has 0 saturated carbocycles. The third-order valence-electron chi connectivity index (χ3n) is 5.16. The number of H-pyrrole nitrogens is 2. The van der Waals surface area contributed by atoms with E-state index in [9.17, 15) is 39.3 Å². The summed E-state index contributed by atoms with van der Waals surface area (Å²) in [5.41, 5.74) is -0.158. The van der Waals surface area contributed by atoms with Gasteiger partial charge >= 0.3 is 11.8 Å². The normalized spacial score (nSPS) is 10.6. The van der Waals surface area contributed by atoms with Crippen LogP contribution in [0.25, 0.3) is 16.9 Å². The number of hydrogen-bond donors (Lipinski definition) is 7. The lowest BCUT2D eigenvalue weighted by Gasteiger charge is -2.09. The van der Waals surface area contributed by atoms with Crippen LogP contribution in [-0.4, -0.2) is 54.5 Å². The number of nitrogens with zero attached hydrogens (tertiary/aromatic N) is 1. The zero-order valence-electron chi connectivity index (χ0n) is 18.1. The van der Waals surface area contributed by atoms with E-state index in [0.717, 1.165) is 4.68 Å². The van der Waals surface area contributed by atoms with E-state index in [0.29, 0.717) is 17.5 Å². The minimum atomic E-state index is -0.977. The zero-order valence-corrected chi connectivity index (χ0v) is 18.1. The third-order valence-corrected chi connectivity index (χ3v) is 5.16. The molecule has 0 spiro atoms. The van der Waals surface area contributed by atoms with Crippen LogP contribution in [-0.2, 0) is 9.59 Å². The summed E-state index contributed by atoms with van der Waals surface area (Å²) in [5, 5.41) is 36.7. The third kappa shape index (κ3) is 4.31. The quantitative estimate of drug-likeness (QED) is 0.155. The number of anilines is 2. The molecule has 0 saturated heterocycles. The van der Waals surface area contributed by atoms with Crippen LogP contribution in [0.3, 0.4) is 0 Å². The van der Waals surface area contributed by atoms with Crippen molar-refractivity contribution in [3.8, 4) is 34.5 Å². The van der Waals surface area contributed by atoms with Crippen LogP contribution in [0, 0.1) is 0 Å². The summed E-state index contributed by atoms with van der Waals surface area (Å²) in [4.78, 5) is 60.4. The molecule has 0 aliphatic heterocycles. The highest BCUT2D eigenvalue weighted by atomic mass is 16.3. The fourth-order valence-electron chi connectivity index (χ4n) is 3.33. The number of aromatic amines is 2. The lowest BCUT2D eigenvalue weighted by Crippen LogP contribution is -2.29. The largest absolute Gasteiger partial charge is 0.505 e. The number of carbonyl (C=O) groups excluding carboxylic acids is 4. The predicted octanol–water partition coefficient (Wildman–Crippen LogP) is 1.48. The van der Waals surface area contributed by atoms with E-state index in [1.54, 1.807) is 0 Å². The summed E-state index contributed by atoms with van der Waals surface area (Å²) in [5.74, 6) is -3.42. The monoisotopic (exact) mass is 491 g/mol. The summed E-state index contributed by atoms with van der Waals surface area (Å²) in [6, 6.07) is 11.6. The van der Waals surface area contributed by atoms with Gasteiger partial charge in [0.05, 0.1) is 11.4 Å². The van der Waals surface area contributed by atoms with E-state index in [4.69, 9.17) is 0 Å². The van der Waals surface area contributed by atoms with E-state index in [2.05, 4.69) is 20.7 Å². The Hall–Kier alpha value is -5.59. The summed E-state index contributed by atoms with van der Waals surface area (Å²) in [7, 11) is 0.